The molecule has 1 fully saturated rings. The van der Waals surface area contributed by atoms with Crippen molar-refractivity contribution in [1.82, 2.24) is 4.90 Å². The van der Waals surface area contributed by atoms with Gasteiger partial charge in [0.1, 0.15) is 11.5 Å². The third-order valence-electron chi connectivity index (χ3n) is 5.12. The molecule has 0 aromatic heterocycles. The smallest absolute Gasteiger partial charge is 0.238 e. The van der Waals surface area contributed by atoms with Gasteiger partial charge in [0.25, 0.3) is 0 Å². The number of carbonyl (C=O) groups is 1. The van der Waals surface area contributed by atoms with E-state index in [1.807, 2.05) is 6.07 Å². The van der Waals surface area contributed by atoms with Gasteiger partial charge >= 0.3 is 0 Å². The first kappa shape index (κ1) is 19.2. The predicted octanol–water partition coefficient (Wildman–Crippen LogP) is 3.60. The molecule has 2 aromatic carbocycles. The van der Waals surface area contributed by atoms with Crippen LogP contribution in [0, 0.1) is 5.92 Å². The molecular formula is C22H28N2O3. The van der Waals surface area contributed by atoms with Gasteiger partial charge in [-0.25, -0.2) is 0 Å². The fourth-order valence-corrected chi connectivity index (χ4v) is 3.60. The molecular weight excluding hydrogens is 340 g/mol. The Morgan fingerprint density at radius 1 is 1.07 bits per heavy atom. The molecule has 2 aromatic rings. The maximum absolute atomic E-state index is 12.5. The summed E-state index contributed by atoms with van der Waals surface area (Å²) < 4.78 is 10.6. The Morgan fingerprint density at radius 2 is 1.81 bits per heavy atom. The molecule has 1 heterocycles. The lowest BCUT2D eigenvalue weighted by atomic mass is 9.90. The zero-order chi connectivity index (χ0) is 19.1. The summed E-state index contributed by atoms with van der Waals surface area (Å²) in [7, 11) is 3.20. The summed E-state index contributed by atoms with van der Waals surface area (Å²) >= 11 is 0. The lowest BCUT2D eigenvalue weighted by Gasteiger charge is -2.31. The molecule has 0 unspecified atom stereocenters. The fraction of sp³-hybridized carbons (Fsp3) is 0.409. The van der Waals surface area contributed by atoms with Crippen LogP contribution in [-0.4, -0.2) is 44.7 Å². The molecule has 5 heteroatoms. The third kappa shape index (κ3) is 5.47. The van der Waals surface area contributed by atoms with Crippen LogP contribution in [0.3, 0.4) is 0 Å². The van der Waals surface area contributed by atoms with Gasteiger partial charge in [0.15, 0.2) is 0 Å². The molecule has 1 amide bonds. The number of hydrogen-bond acceptors (Lipinski definition) is 4. The minimum atomic E-state index is -0.0249. The molecule has 5 nitrogen and oxygen atoms in total. The number of benzene rings is 2. The van der Waals surface area contributed by atoms with E-state index < -0.39 is 0 Å². The number of amides is 1. The van der Waals surface area contributed by atoms with E-state index in [0.29, 0.717) is 29.6 Å². The Bertz CT molecular complexity index is 740. The standard InChI is InChI=1S/C22H28N2O3/c1-26-19-8-9-21(27-2)20(15-19)23-22(25)16-24-12-10-18(11-13-24)14-17-6-4-3-5-7-17/h3-9,15,18H,10-14,16H2,1-2H3,(H,23,25). The summed E-state index contributed by atoms with van der Waals surface area (Å²) in [4.78, 5) is 14.7. The third-order valence-corrected chi connectivity index (χ3v) is 5.12. The highest BCUT2D eigenvalue weighted by Gasteiger charge is 2.21. The molecule has 1 N–H and O–H groups in total. The Morgan fingerprint density at radius 3 is 2.48 bits per heavy atom. The highest BCUT2D eigenvalue weighted by molar-refractivity contribution is 5.94. The molecule has 144 valence electrons. The van der Waals surface area contributed by atoms with Crippen LogP contribution in [0.15, 0.2) is 48.5 Å². The highest BCUT2D eigenvalue weighted by atomic mass is 16.5. The van der Waals surface area contributed by atoms with Crippen molar-refractivity contribution in [3.63, 3.8) is 0 Å². The van der Waals surface area contributed by atoms with E-state index in [-0.39, 0.29) is 5.91 Å². The summed E-state index contributed by atoms with van der Waals surface area (Å²) in [6.07, 6.45) is 3.39. The number of nitrogens with one attached hydrogen (secondary N) is 1. The number of rotatable bonds is 7. The average molecular weight is 368 g/mol. The maximum atomic E-state index is 12.5. The van der Waals surface area contributed by atoms with Crippen LogP contribution in [0.25, 0.3) is 0 Å². The van der Waals surface area contributed by atoms with E-state index in [0.717, 1.165) is 32.4 Å². The van der Waals surface area contributed by atoms with Gasteiger partial charge in [0.2, 0.25) is 5.91 Å². The SMILES string of the molecule is COc1ccc(OC)c(NC(=O)CN2CCC(Cc3ccccc3)CC2)c1. The van der Waals surface area contributed by atoms with Gasteiger partial charge in [0, 0.05) is 6.07 Å². The number of nitrogens with zero attached hydrogens (tertiary/aromatic N) is 1. The summed E-state index contributed by atoms with van der Waals surface area (Å²) in [5.74, 6) is 1.99. The number of piperidine rings is 1. The topological polar surface area (TPSA) is 50.8 Å². The van der Waals surface area contributed by atoms with Crippen LogP contribution in [0.4, 0.5) is 5.69 Å². The van der Waals surface area contributed by atoms with Crippen LogP contribution in [0.1, 0.15) is 18.4 Å². The number of hydrogen-bond donors (Lipinski definition) is 1. The van der Waals surface area contributed by atoms with Crippen molar-refractivity contribution >= 4 is 11.6 Å². The molecule has 27 heavy (non-hydrogen) atoms. The van der Waals surface area contributed by atoms with Crippen LogP contribution < -0.4 is 14.8 Å². The van der Waals surface area contributed by atoms with Gasteiger partial charge < -0.3 is 14.8 Å². The van der Waals surface area contributed by atoms with Crippen molar-refractivity contribution in [3.8, 4) is 11.5 Å². The van der Waals surface area contributed by atoms with Crippen LogP contribution in [-0.2, 0) is 11.2 Å². The normalized spacial score (nSPS) is 15.3. The van der Waals surface area contributed by atoms with Crippen LogP contribution >= 0.6 is 0 Å². The van der Waals surface area contributed by atoms with Gasteiger partial charge in [-0.2, -0.15) is 0 Å². The maximum Gasteiger partial charge on any atom is 0.238 e. The van der Waals surface area contributed by atoms with Crippen molar-refractivity contribution in [2.45, 2.75) is 19.3 Å². The second kappa shape index (κ2) is 9.42. The first-order valence-corrected chi connectivity index (χ1v) is 9.46. The molecule has 1 saturated heterocycles. The van der Waals surface area contributed by atoms with Gasteiger partial charge in [-0.05, 0) is 56.0 Å². The fourth-order valence-electron chi connectivity index (χ4n) is 3.60. The van der Waals surface area contributed by atoms with E-state index in [1.165, 1.54) is 5.56 Å². The lowest BCUT2D eigenvalue weighted by Crippen LogP contribution is -2.39. The van der Waals surface area contributed by atoms with Crippen molar-refractivity contribution in [2.24, 2.45) is 5.92 Å². The second-order valence-corrected chi connectivity index (χ2v) is 7.02. The van der Waals surface area contributed by atoms with Crippen molar-refractivity contribution < 1.29 is 14.3 Å². The minimum absolute atomic E-state index is 0.0249. The molecule has 3 rings (SSSR count). The molecule has 0 radical (unpaired) electrons. The lowest BCUT2D eigenvalue weighted by molar-refractivity contribution is -0.117. The van der Waals surface area contributed by atoms with E-state index in [4.69, 9.17) is 9.47 Å². The van der Waals surface area contributed by atoms with Crippen LogP contribution in [0.2, 0.25) is 0 Å². The quantitative estimate of drug-likeness (QED) is 0.811. The summed E-state index contributed by atoms with van der Waals surface area (Å²) in [6, 6.07) is 16.0. The zero-order valence-corrected chi connectivity index (χ0v) is 16.1. The first-order valence-electron chi connectivity index (χ1n) is 9.46. The molecule has 0 atom stereocenters. The van der Waals surface area contributed by atoms with Crippen molar-refractivity contribution in [1.29, 1.82) is 0 Å². The predicted molar refractivity (Wildman–Crippen MR) is 107 cm³/mol. The number of anilines is 1. The highest BCUT2D eigenvalue weighted by Crippen LogP contribution is 2.29. The Labute approximate surface area is 161 Å². The Hall–Kier alpha value is -2.53. The van der Waals surface area contributed by atoms with Crippen molar-refractivity contribution in [2.75, 3.05) is 39.2 Å². The molecule has 1 aliphatic rings. The average Bonchev–Trinajstić information content (AvgIpc) is 2.70. The molecule has 1 aliphatic heterocycles. The van der Waals surface area contributed by atoms with E-state index in [9.17, 15) is 4.79 Å². The van der Waals surface area contributed by atoms with E-state index >= 15 is 0 Å². The summed E-state index contributed by atoms with van der Waals surface area (Å²) in [5, 5.41) is 2.95. The molecule has 0 saturated carbocycles. The minimum Gasteiger partial charge on any atom is -0.497 e. The Balaban J connectivity index is 1.48. The van der Waals surface area contributed by atoms with Gasteiger partial charge in [0.05, 0.1) is 26.5 Å². The van der Waals surface area contributed by atoms with Gasteiger partial charge in [-0.15, -0.1) is 0 Å². The van der Waals surface area contributed by atoms with Crippen LogP contribution in [0.5, 0.6) is 11.5 Å². The largest absolute Gasteiger partial charge is 0.497 e. The number of carbonyl (C=O) groups excluding carboxylic acids is 1. The monoisotopic (exact) mass is 368 g/mol. The molecule has 0 bridgehead atoms. The summed E-state index contributed by atoms with van der Waals surface area (Å²) in [5.41, 5.74) is 2.04. The Kier molecular flexibility index (Phi) is 6.71. The first-order chi connectivity index (χ1) is 13.2. The number of likely N-dealkylation sites (tertiary alicyclic amines) is 1. The zero-order valence-electron chi connectivity index (χ0n) is 16.1. The number of methoxy groups -OCH3 is 2. The molecule has 0 spiro atoms. The van der Waals surface area contributed by atoms with Crippen molar-refractivity contribution in [3.05, 3.63) is 54.1 Å². The van der Waals surface area contributed by atoms with E-state index in [2.05, 4.69) is 40.5 Å². The van der Waals surface area contributed by atoms with Gasteiger partial charge in [-0.1, -0.05) is 30.3 Å². The molecule has 0 aliphatic carbocycles. The number of ether oxygens (including phenoxy) is 2. The van der Waals surface area contributed by atoms with Gasteiger partial charge in [-0.3, -0.25) is 9.69 Å². The van der Waals surface area contributed by atoms with E-state index in [1.54, 1.807) is 26.4 Å². The summed E-state index contributed by atoms with van der Waals surface area (Å²) in [6.45, 7) is 2.32. The second-order valence-electron chi connectivity index (χ2n) is 7.02.